The number of carboxylic acids is 2. The van der Waals surface area contributed by atoms with Crippen LogP contribution in [0.4, 0.5) is 5.69 Å². The number of carbonyl (C=O) groups is 3. The number of carboxylic acid groups (broad SMARTS) is 2. The van der Waals surface area contributed by atoms with Gasteiger partial charge in [0.1, 0.15) is 0 Å². The maximum absolute atomic E-state index is 12.2. The Morgan fingerprint density at radius 2 is 1.71 bits per heavy atom. The lowest BCUT2D eigenvalue weighted by Crippen LogP contribution is -2.42. The summed E-state index contributed by atoms with van der Waals surface area (Å²) in [4.78, 5) is 34.1. The normalized spacial score (nSPS) is 21.5. The Kier molecular flexibility index (Phi) is 4.57. The van der Waals surface area contributed by atoms with Gasteiger partial charge in [-0.3, -0.25) is 4.79 Å². The van der Waals surface area contributed by atoms with Gasteiger partial charge in [0.2, 0.25) is 5.91 Å². The Bertz CT molecular complexity index is 569. The third-order valence-electron chi connectivity index (χ3n) is 3.77. The zero-order chi connectivity index (χ0) is 15.4. The molecule has 0 radical (unpaired) electrons. The lowest BCUT2D eigenvalue weighted by atomic mass is 9.78. The average molecular weight is 289 g/mol. The highest BCUT2D eigenvalue weighted by atomic mass is 16.4. The van der Waals surface area contributed by atoms with Gasteiger partial charge in [-0.2, -0.15) is 0 Å². The molecule has 6 nitrogen and oxygen atoms in total. The summed E-state index contributed by atoms with van der Waals surface area (Å²) in [6, 6.07) is 5.67. The molecule has 1 saturated carbocycles. The summed E-state index contributed by atoms with van der Waals surface area (Å²) in [6.07, 6.45) is 2.48. The largest absolute Gasteiger partial charge is 0.550 e. The van der Waals surface area contributed by atoms with Crippen molar-refractivity contribution in [3.63, 3.8) is 0 Å². The Morgan fingerprint density at radius 1 is 1.05 bits per heavy atom. The first-order chi connectivity index (χ1) is 9.99. The van der Waals surface area contributed by atoms with Gasteiger partial charge in [-0.05, 0) is 30.5 Å². The van der Waals surface area contributed by atoms with Crippen molar-refractivity contribution in [3.8, 4) is 0 Å². The van der Waals surface area contributed by atoms with Crippen molar-refractivity contribution in [2.24, 2.45) is 11.8 Å². The molecule has 1 aliphatic carbocycles. The van der Waals surface area contributed by atoms with Crippen molar-refractivity contribution < 1.29 is 24.6 Å². The van der Waals surface area contributed by atoms with Crippen molar-refractivity contribution in [1.29, 1.82) is 0 Å². The molecule has 0 saturated heterocycles. The third-order valence-corrected chi connectivity index (χ3v) is 3.77. The molecule has 2 atom stereocenters. The summed E-state index contributed by atoms with van der Waals surface area (Å²) in [5.74, 6) is -4.40. The smallest absolute Gasteiger partial charge is 0.228 e. The maximum atomic E-state index is 12.2. The van der Waals surface area contributed by atoms with Crippen LogP contribution in [0.3, 0.4) is 0 Å². The second kappa shape index (κ2) is 6.39. The lowest BCUT2D eigenvalue weighted by Gasteiger charge is -2.31. The number of nitrogens with one attached hydrogen (secondary N) is 1. The zero-order valence-corrected chi connectivity index (χ0v) is 11.3. The van der Waals surface area contributed by atoms with Crippen LogP contribution in [0.5, 0.6) is 0 Å². The summed E-state index contributed by atoms with van der Waals surface area (Å²) in [5.41, 5.74) is 0.261. The molecule has 112 valence electrons. The van der Waals surface area contributed by atoms with Gasteiger partial charge in [0.15, 0.2) is 0 Å². The van der Waals surface area contributed by atoms with Crippen molar-refractivity contribution >= 4 is 23.5 Å². The number of hydrogen-bond acceptors (Lipinski definition) is 5. The molecule has 1 aromatic rings. The Labute approximate surface area is 121 Å². The average Bonchev–Trinajstić information content (AvgIpc) is 2.47. The molecule has 21 heavy (non-hydrogen) atoms. The highest BCUT2D eigenvalue weighted by Gasteiger charge is 2.31. The number of hydrogen-bond donors (Lipinski definition) is 1. The van der Waals surface area contributed by atoms with E-state index in [9.17, 15) is 24.6 Å². The number of aromatic carboxylic acids is 1. The molecular formula is C15H15NO5-2. The maximum Gasteiger partial charge on any atom is 0.228 e. The first kappa shape index (κ1) is 15.0. The predicted molar refractivity (Wildman–Crippen MR) is 69.9 cm³/mol. The first-order valence-electron chi connectivity index (χ1n) is 6.82. The van der Waals surface area contributed by atoms with Crippen molar-refractivity contribution in [3.05, 3.63) is 29.8 Å². The van der Waals surface area contributed by atoms with Crippen LogP contribution < -0.4 is 15.5 Å². The number of aliphatic carboxylic acids is 1. The van der Waals surface area contributed by atoms with Crippen LogP contribution >= 0.6 is 0 Å². The van der Waals surface area contributed by atoms with Crippen LogP contribution in [-0.2, 0) is 9.59 Å². The number of rotatable bonds is 4. The van der Waals surface area contributed by atoms with Gasteiger partial charge in [0.25, 0.3) is 0 Å². The molecule has 6 heteroatoms. The lowest BCUT2D eigenvalue weighted by molar-refractivity contribution is -0.313. The molecule has 1 aromatic carbocycles. The van der Waals surface area contributed by atoms with E-state index in [-0.39, 0.29) is 5.56 Å². The van der Waals surface area contributed by atoms with Crippen LogP contribution in [0.25, 0.3) is 0 Å². The highest BCUT2D eigenvalue weighted by molar-refractivity contribution is 5.96. The minimum absolute atomic E-state index is 0.0482. The van der Waals surface area contributed by atoms with Gasteiger partial charge in [0.05, 0.1) is 5.97 Å². The standard InChI is InChI=1S/C15H17NO5/c17-13(11-6-1-2-7-12(11)15(20)21)16-10-5-3-4-9(8-10)14(18)19/h3-5,8,11-12H,1-2,6-7H2,(H,16,17)(H,18,19)(H,20,21)/p-2/t11-,12-/m0/s1. The molecule has 0 bridgehead atoms. The molecular weight excluding hydrogens is 274 g/mol. The van der Waals surface area contributed by atoms with Crippen LogP contribution in [0.1, 0.15) is 36.0 Å². The van der Waals surface area contributed by atoms with Crippen LogP contribution in [0, 0.1) is 11.8 Å². The van der Waals surface area contributed by atoms with Gasteiger partial charge in [0, 0.05) is 23.5 Å². The van der Waals surface area contributed by atoms with Gasteiger partial charge in [-0.1, -0.05) is 25.0 Å². The van der Waals surface area contributed by atoms with Crippen LogP contribution in [0.2, 0.25) is 0 Å². The Balaban J connectivity index is 2.11. The second-order valence-electron chi connectivity index (χ2n) is 5.17. The van der Waals surface area contributed by atoms with Gasteiger partial charge in [-0.25, -0.2) is 0 Å². The van der Waals surface area contributed by atoms with E-state index in [2.05, 4.69) is 5.32 Å². The summed E-state index contributed by atoms with van der Waals surface area (Å²) in [6.45, 7) is 0. The topological polar surface area (TPSA) is 109 Å². The summed E-state index contributed by atoms with van der Waals surface area (Å²) in [7, 11) is 0. The van der Waals surface area contributed by atoms with E-state index in [0.29, 0.717) is 18.5 Å². The van der Waals surface area contributed by atoms with Gasteiger partial charge in [-0.15, -0.1) is 0 Å². The predicted octanol–water partition coefficient (Wildman–Crippen LogP) is -0.455. The first-order valence-corrected chi connectivity index (χ1v) is 6.82. The highest BCUT2D eigenvalue weighted by Crippen LogP contribution is 2.30. The SMILES string of the molecule is O=C([O-])c1cccc(NC(=O)[C@H]2CCCC[C@@H]2C(=O)[O-])c1. The molecule has 0 aromatic heterocycles. The number of carbonyl (C=O) groups excluding carboxylic acids is 3. The molecule has 1 fully saturated rings. The number of amides is 1. The summed E-state index contributed by atoms with van der Waals surface area (Å²) in [5, 5.41) is 24.4. The molecule has 1 amide bonds. The molecule has 0 unspecified atom stereocenters. The quantitative estimate of drug-likeness (QED) is 0.807. The van der Waals surface area contributed by atoms with Gasteiger partial charge >= 0.3 is 0 Å². The number of benzene rings is 1. The second-order valence-corrected chi connectivity index (χ2v) is 5.17. The van der Waals surface area contributed by atoms with E-state index in [1.165, 1.54) is 18.2 Å². The summed E-state index contributed by atoms with van der Waals surface area (Å²) >= 11 is 0. The fraction of sp³-hybridized carbons (Fsp3) is 0.400. The minimum Gasteiger partial charge on any atom is -0.550 e. The fourth-order valence-corrected chi connectivity index (χ4v) is 2.69. The van der Waals surface area contributed by atoms with E-state index < -0.39 is 29.7 Å². The Hall–Kier alpha value is -2.37. The molecule has 1 aliphatic rings. The molecule has 2 rings (SSSR count). The zero-order valence-electron chi connectivity index (χ0n) is 11.3. The molecule has 0 spiro atoms. The molecule has 0 aliphatic heterocycles. The van der Waals surface area contributed by atoms with E-state index >= 15 is 0 Å². The minimum atomic E-state index is -1.34. The monoisotopic (exact) mass is 289 g/mol. The molecule has 0 heterocycles. The summed E-state index contributed by atoms with van der Waals surface area (Å²) < 4.78 is 0. The van der Waals surface area contributed by atoms with Gasteiger partial charge < -0.3 is 25.1 Å². The van der Waals surface area contributed by atoms with E-state index in [0.717, 1.165) is 12.8 Å². The van der Waals surface area contributed by atoms with Crippen LogP contribution in [0.15, 0.2) is 24.3 Å². The molecule has 1 N–H and O–H groups in total. The number of anilines is 1. The third kappa shape index (κ3) is 3.59. The Morgan fingerprint density at radius 3 is 2.33 bits per heavy atom. The van der Waals surface area contributed by atoms with Crippen molar-refractivity contribution in [2.75, 3.05) is 5.32 Å². The van der Waals surface area contributed by atoms with E-state index in [1.807, 2.05) is 0 Å². The van der Waals surface area contributed by atoms with E-state index in [4.69, 9.17) is 0 Å². The van der Waals surface area contributed by atoms with Crippen molar-refractivity contribution in [2.45, 2.75) is 25.7 Å². The van der Waals surface area contributed by atoms with Crippen LogP contribution in [-0.4, -0.2) is 17.8 Å². The van der Waals surface area contributed by atoms with Crippen molar-refractivity contribution in [1.82, 2.24) is 0 Å². The fourth-order valence-electron chi connectivity index (χ4n) is 2.69. The van der Waals surface area contributed by atoms with E-state index in [1.54, 1.807) is 6.07 Å².